The Hall–Kier alpha value is -4.47. The van der Waals surface area contributed by atoms with Crippen LogP contribution in [0.3, 0.4) is 0 Å². The van der Waals surface area contributed by atoms with Gasteiger partial charge in [0.1, 0.15) is 5.75 Å². The third-order valence-corrected chi connectivity index (χ3v) is 8.07. The van der Waals surface area contributed by atoms with Gasteiger partial charge >= 0.3 is 0 Å². The topological polar surface area (TPSA) is 233 Å². The zero-order valence-electron chi connectivity index (χ0n) is 26.1. The molecule has 15 heteroatoms. The molecule has 1 aliphatic rings. The normalized spacial score (nSPS) is 14.8. The van der Waals surface area contributed by atoms with E-state index in [9.17, 15) is 24.0 Å². The second kappa shape index (κ2) is 19.3. The van der Waals surface area contributed by atoms with Crippen molar-refractivity contribution in [2.45, 2.75) is 57.0 Å². The van der Waals surface area contributed by atoms with Gasteiger partial charge in [0.05, 0.1) is 30.1 Å². The number of nitrogens with two attached hydrogens (primary N) is 3. The van der Waals surface area contributed by atoms with Gasteiger partial charge in [0, 0.05) is 31.9 Å². The third-order valence-electron chi connectivity index (χ3n) is 7.26. The number of guanidine groups is 1. The van der Waals surface area contributed by atoms with Crippen molar-refractivity contribution < 1.29 is 28.7 Å². The molecule has 0 bridgehead atoms. The number of rotatable bonds is 20. The van der Waals surface area contributed by atoms with Crippen molar-refractivity contribution in [2.24, 2.45) is 22.2 Å². The number of amides is 4. The molecule has 1 aliphatic heterocycles. The lowest BCUT2D eigenvalue weighted by Gasteiger charge is -2.18. The number of carbonyl (C=O) groups excluding carboxylic acids is 5. The van der Waals surface area contributed by atoms with Crippen molar-refractivity contribution in [3.05, 3.63) is 53.9 Å². The first-order chi connectivity index (χ1) is 22.6. The summed E-state index contributed by atoms with van der Waals surface area (Å²) in [7, 11) is 5.50. The van der Waals surface area contributed by atoms with Gasteiger partial charge in [-0.3, -0.25) is 39.6 Å². The van der Waals surface area contributed by atoms with E-state index in [1.54, 1.807) is 12.1 Å². The molecule has 1 heterocycles. The molecule has 0 spiro atoms. The molecule has 2 atom stereocenters. The maximum Gasteiger partial charge on any atom is 0.290 e. The van der Waals surface area contributed by atoms with Gasteiger partial charge in [0.15, 0.2) is 11.7 Å². The quantitative estimate of drug-likeness (QED) is 0.0350. The average molecular weight is 667 g/mol. The summed E-state index contributed by atoms with van der Waals surface area (Å²) in [6.45, 7) is 0.822. The molecule has 252 valence electrons. The molecular weight excluding hydrogens is 624 g/mol. The number of carbonyl (C=O) groups is 5. The molecule has 2 aromatic rings. The first kappa shape index (κ1) is 37.0. The summed E-state index contributed by atoms with van der Waals surface area (Å²) >= 11 is 0.855. The predicted octanol–water partition coefficient (Wildman–Crippen LogP) is 1.30. The highest BCUT2D eigenvalue weighted by molar-refractivity contribution is 8.18. The summed E-state index contributed by atoms with van der Waals surface area (Å²) in [6, 6.07) is 9.82. The second-order valence-corrected chi connectivity index (χ2v) is 11.8. The molecule has 47 heavy (non-hydrogen) atoms. The minimum absolute atomic E-state index is 0.0106. The molecule has 14 nitrogen and oxygen atoms in total. The number of Topliss-reactive ketones (excluding diaryl/α,β-unsaturated/α-hetero) is 1. The minimum Gasteiger partial charge on any atom is -0.493 e. The van der Waals surface area contributed by atoms with Gasteiger partial charge in [-0.05, 0) is 73.4 Å². The molecule has 2 radical (unpaired) electrons. The highest BCUT2D eigenvalue weighted by Crippen LogP contribution is 2.32. The molecule has 2 aromatic carbocycles. The van der Waals surface area contributed by atoms with Gasteiger partial charge < -0.3 is 32.6 Å². The van der Waals surface area contributed by atoms with Crippen LogP contribution in [0.4, 0.5) is 4.79 Å². The number of nitrogens with zero attached hydrogens (tertiary/aromatic N) is 1. The van der Waals surface area contributed by atoms with Gasteiger partial charge in [0.2, 0.25) is 11.8 Å². The van der Waals surface area contributed by atoms with Gasteiger partial charge in [-0.1, -0.05) is 30.3 Å². The molecule has 0 aromatic heterocycles. The van der Waals surface area contributed by atoms with Crippen LogP contribution < -0.4 is 43.2 Å². The number of unbranched alkanes of at least 4 members (excludes halogenated alkanes) is 1. The van der Waals surface area contributed by atoms with Crippen LogP contribution in [0.1, 0.15) is 50.5 Å². The SMILES string of the molecule is [CH]N[C@@H](CCCN=C(N)N)C(=O)NCCCC[C@H](NC(=O)CCCOc1ccc(/C=C2\SC(=O)NC2=O)c2ccccc12)C(=O)CN. The third kappa shape index (κ3) is 12.0. The van der Waals surface area contributed by atoms with Crippen molar-refractivity contribution in [3.63, 3.8) is 0 Å². The number of imide groups is 1. The average Bonchev–Trinajstić information content (AvgIpc) is 3.38. The maximum atomic E-state index is 12.7. The number of fused-ring (bicyclic) bond motifs is 1. The van der Waals surface area contributed by atoms with Crippen molar-refractivity contribution >= 4 is 63.3 Å². The number of ketones is 1. The zero-order valence-corrected chi connectivity index (χ0v) is 26.9. The number of nitrogens with one attached hydrogen (secondary N) is 4. The summed E-state index contributed by atoms with van der Waals surface area (Å²) in [5.41, 5.74) is 16.9. The smallest absolute Gasteiger partial charge is 0.290 e. The van der Waals surface area contributed by atoms with Crippen LogP contribution in [-0.2, 0) is 19.2 Å². The molecule has 10 N–H and O–H groups in total. The van der Waals surface area contributed by atoms with E-state index in [1.165, 1.54) is 0 Å². The lowest BCUT2D eigenvalue weighted by molar-refractivity contribution is -0.127. The maximum absolute atomic E-state index is 12.7. The zero-order chi connectivity index (χ0) is 34.2. The highest BCUT2D eigenvalue weighted by atomic mass is 32.2. The van der Waals surface area contributed by atoms with Gasteiger partial charge in [-0.2, -0.15) is 0 Å². The van der Waals surface area contributed by atoms with E-state index >= 15 is 0 Å². The van der Waals surface area contributed by atoms with E-state index < -0.39 is 23.2 Å². The molecule has 1 fully saturated rings. The Balaban J connectivity index is 1.42. The fourth-order valence-electron chi connectivity index (χ4n) is 4.85. The number of benzene rings is 2. The Bertz CT molecular complexity index is 1490. The minimum atomic E-state index is -0.723. The number of ether oxygens (including phenoxy) is 1. The Kier molecular flexibility index (Phi) is 15.2. The molecular formula is C32H42N8O6S. The number of hydrogen-bond acceptors (Lipinski definition) is 10. The Morgan fingerprint density at radius 2 is 1.74 bits per heavy atom. The molecule has 0 saturated carbocycles. The van der Waals surface area contributed by atoms with Crippen LogP contribution in [0.15, 0.2) is 46.3 Å². The van der Waals surface area contributed by atoms with E-state index in [0.29, 0.717) is 62.3 Å². The predicted molar refractivity (Wildman–Crippen MR) is 182 cm³/mol. The molecule has 0 unspecified atom stereocenters. The van der Waals surface area contributed by atoms with Crippen LogP contribution in [0, 0.1) is 7.05 Å². The first-order valence-electron chi connectivity index (χ1n) is 15.3. The molecule has 0 aliphatic carbocycles. The number of aliphatic imine (C=N–C) groups is 1. The fourth-order valence-corrected chi connectivity index (χ4v) is 5.52. The van der Waals surface area contributed by atoms with Crippen LogP contribution in [-0.4, -0.2) is 73.0 Å². The van der Waals surface area contributed by atoms with E-state index in [4.69, 9.17) is 29.0 Å². The van der Waals surface area contributed by atoms with Crippen molar-refractivity contribution in [1.29, 1.82) is 0 Å². The largest absolute Gasteiger partial charge is 0.493 e. The van der Waals surface area contributed by atoms with Crippen molar-refractivity contribution in [1.82, 2.24) is 21.3 Å². The lowest BCUT2D eigenvalue weighted by Crippen LogP contribution is -2.44. The van der Waals surface area contributed by atoms with E-state index in [0.717, 1.165) is 28.1 Å². The molecule has 4 amide bonds. The summed E-state index contributed by atoms with van der Waals surface area (Å²) in [5.74, 6) is -0.636. The number of thioether (sulfide) groups is 1. The van der Waals surface area contributed by atoms with Crippen molar-refractivity contribution in [2.75, 3.05) is 26.2 Å². The van der Waals surface area contributed by atoms with Gasteiger partial charge in [0.25, 0.3) is 11.1 Å². The van der Waals surface area contributed by atoms with Crippen LogP contribution in [0.25, 0.3) is 16.8 Å². The lowest BCUT2D eigenvalue weighted by atomic mass is 10.0. The van der Waals surface area contributed by atoms with Crippen LogP contribution >= 0.6 is 11.8 Å². The van der Waals surface area contributed by atoms with Gasteiger partial charge in [-0.15, -0.1) is 0 Å². The number of hydrogen-bond donors (Lipinski definition) is 7. The Morgan fingerprint density at radius 3 is 2.43 bits per heavy atom. The van der Waals surface area contributed by atoms with Crippen LogP contribution in [0.2, 0.25) is 0 Å². The van der Waals surface area contributed by atoms with Crippen LogP contribution in [0.5, 0.6) is 5.75 Å². The highest BCUT2D eigenvalue weighted by Gasteiger charge is 2.25. The fraction of sp³-hybridized carbons (Fsp3) is 0.406. The second-order valence-electron chi connectivity index (χ2n) is 10.7. The van der Waals surface area contributed by atoms with E-state index in [1.807, 2.05) is 30.3 Å². The first-order valence-corrected chi connectivity index (χ1v) is 16.1. The summed E-state index contributed by atoms with van der Waals surface area (Å²) in [5, 5.41) is 11.6. The Morgan fingerprint density at radius 1 is 1.00 bits per heavy atom. The van der Waals surface area contributed by atoms with Crippen molar-refractivity contribution in [3.8, 4) is 5.75 Å². The summed E-state index contributed by atoms with van der Waals surface area (Å²) in [4.78, 5) is 65.2. The summed E-state index contributed by atoms with van der Waals surface area (Å²) in [6.07, 6.45) is 4.79. The van der Waals surface area contributed by atoms with Gasteiger partial charge in [-0.25, -0.2) is 0 Å². The molecule has 1 saturated heterocycles. The molecule has 3 rings (SSSR count). The standard InChI is InChI=1S/C32H42N8O6S/c1-36-24(11-6-16-38-31(34)35)29(43)37-15-5-4-10-23(25(41)19-33)39-28(42)12-7-17-46-26-14-13-20(21-8-2-3-9-22(21)26)18-27-30(44)40-32(45)47-27/h1-3,8-9,13-14,18,23-24,36H,4-7,10-12,15-17,19,33H2,(H,37,43)(H,39,42)(H4,34,35,38)(H,40,44,45)/b27-18-/t23-,24-/m0/s1. The summed E-state index contributed by atoms with van der Waals surface area (Å²) < 4.78 is 5.99. The monoisotopic (exact) mass is 666 g/mol. The van der Waals surface area contributed by atoms with E-state index in [2.05, 4.69) is 26.3 Å². The Labute approximate surface area is 278 Å². The van der Waals surface area contributed by atoms with E-state index in [-0.39, 0.29) is 43.1 Å².